The van der Waals surface area contributed by atoms with E-state index >= 15 is 0 Å². The Kier molecular flexibility index (Phi) is 3.75. The van der Waals surface area contributed by atoms with Crippen LogP contribution >= 0.6 is 0 Å². The van der Waals surface area contributed by atoms with Gasteiger partial charge >= 0.3 is 5.82 Å². The molecule has 0 spiro atoms. The van der Waals surface area contributed by atoms with Gasteiger partial charge in [0.2, 0.25) is 11.6 Å². The normalized spacial score (nSPS) is 18.3. The number of nitrogens with zero attached hydrogens (tertiary/aromatic N) is 3. The molecule has 7 nitrogen and oxygen atoms in total. The van der Waals surface area contributed by atoms with Crippen LogP contribution in [-0.4, -0.2) is 34.1 Å². The number of imidazole rings is 1. The van der Waals surface area contributed by atoms with E-state index in [1.165, 1.54) is 0 Å². The first-order valence-electron chi connectivity index (χ1n) is 6.55. The number of anilines is 1. The van der Waals surface area contributed by atoms with E-state index in [1.54, 1.807) is 18.5 Å². The van der Waals surface area contributed by atoms with E-state index < -0.39 is 4.92 Å². The molecule has 0 unspecified atom stereocenters. The third-order valence-electron chi connectivity index (χ3n) is 3.97. The van der Waals surface area contributed by atoms with Gasteiger partial charge in [-0.15, -0.1) is 0 Å². The van der Waals surface area contributed by atoms with E-state index in [-0.39, 0.29) is 11.2 Å². The van der Waals surface area contributed by atoms with Gasteiger partial charge in [-0.05, 0) is 41.3 Å². The summed E-state index contributed by atoms with van der Waals surface area (Å²) >= 11 is 0. The molecule has 0 bridgehead atoms. The van der Waals surface area contributed by atoms with Crippen molar-refractivity contribution in [2.24, 2.45) is 12.5 Å². The van der Waals surface area contributed by atoms with Crippen molar-refractivity contribution in [2.75, 3.05) is 25.0 Å². The van der Waals surface area contributed by atoms with Gasteiger partial charge in [0, 0.05) is 20.5 Å². The van der Waals surface area contributed by atoms with Gasteiger partial charge in [0.15, 0.2) is 0 Å². The summed E-state index contributed by atoms with van der Waals surface area (Å²) < 4.78 is 1.74. The Morgan fingerprint density at radius 2 is 2.16 bits per heavy atom. The van der Waals surface area contributed by atoms with Crippen molar-refractivity contribution in [3.05, 3.63) is 15.9 Å². The first kappa shape index (κ1) is 13.8. The van der Waals surface area contributed by atoms with Crippen molar-refractivity contribution in [2.45, 2.75) is 26.7 Å². The zero-order chi connectivity index (χ0) is 14.0. The lowest BCUT2D eigenvalue weighted by molar-refractivity contribution is -0.388. The molecular formula is C12H21N5O2. The number of nitro groups is 1. The number of hydrogen-bond acceptors (Lipinski definition) is 5. The minimum atomic E-state index is -0.430. The maximum Gasteiger partial charge on any atom is 0.406 e. The summed E-state index contributed by atoms with van der Waals surface area (Å²) in [5.41, 5.74) is 0.178. The van der Waals surface area contributed by atoms with Gasteiger partial charge in [-0.25, -0.2) is 0 Å². The van der Waals surface area contributed by atoms with E-state index in [9.17, 15) is 10.1 Å². The quantitative estimate of drug-likeness (QED) is 0.637. The smallest absolute Gasteiger partial charge is 0.364 e. The highest BCUT2D eigenvalue weighted by Crippen LogP contribution is 2.30. The number of hydrogen-bond donors (Lipinski definition) is 2. The molecule has 2 heterocycles. The predicted molar refractivity (Wildman–Crippen MR) is 73.3 cm³/mol. The van der Waals surface area contributed by atoms with Crippen molar-refractivity contribution in [3.8, 4) is 0 Å². The molecule has 106 valence electrons. The maximum absolute atomic E-state index is 11.0. The van der Waals surface area contributed by atoms with Crippen molar-refractivity contribution in [1.29, 1.82) is 0 Å². The lowest BCUT2D eigenvalue weighted by Crippen LogP contribution is -2.39. The topological polar surface area (TPSA) is 85.0 Å². The van der Waals surface area contributed by atoms with E-state index in [1.807, 2.05) is 0 Å². The molecule has 1 aliphatic rings. The van der Waals surface area contributed by atoms with E-state index in [2.05, 4.69) is 22.5 Å². The molecule has 2 N–H and O–H groups in total. The van der Waals surface area contributed by atoms with Crippen LogP contribution in [0.3, 0.4) is 0 Å². The van der Waals surface area contributed by atoms with Crippen LogP contribution in [0.1, 0.15) is 25.6 Å². The van der Waals surface area contributed by atoms with Crippen LogP contribution in [0.2, 0.25) is 0 Å². The van der Waals surface area contributed by atoms with Crippen molar-refractivity contribution < 1.29 is 4.92 Å². The molecular weight excluding hydrogens is 246 g/mol. The fourth-order valence-electron chi connectivity index (χ4n) is 2.42. The Morgan fingerprint density at radius 3 is 2.74 bits per heavy atom. The van der Waals surface area contributed by atoms with Gasteiger partial charge in [-0.3, -0.25) is 4.57 Å². The molecule has 19 heavy (non-hydrogen) atoms. The molecule has 7 heteroatoms. The van der Waals surface area contributed by atoms with Crippen LogP contribution < -0.4 is 10.6 Å². The standard InChI is InChI=1S/C12H21N5O2/c1-9-15-11(17(18)19)10(16(9)3)14-8-12(2)4-6-13-7-5-12/h13-14H,4-8H2,1-3H3. The number of piperidine rings is 1. The number of aryl methyl sites for hydroxylation is 1. The Hall–Kier alpha value is -1.63. The predicted octanol–water partition coefficient (Wildman–Crippen LogP) is 1.44. The molecule has 1 saturated heterocycles. The second-order valence-electron chi connectivity index (χ2n) is 5.56. The zero-order valence-electron chi connectivity index (χ0n) is 11.7. The van der Waals surface area contributed by atoms with Crippen LogP contribution in [-0.2, 0) is 7.05 Å². The summed E-state index contributed by atoms with van der Waals surface area (Å²) in [6.45, 7) is 6.73. The fourth-order valence-corrected chi connectivity index (χ4v) is 2.42. The van der Waals surface area contributed by atoms with Gasteiger partial charge in [0.05, 0.1) is 0 Å². The number of rotatable bonds is 4. The van der Waals surface area contributed by atoms with Crippen molar-refractivity contribution in [3.63, 3.8) is 0 Å². The summed E-state index contributed by atoms with van der Waals surface area (Å²) in [6, 6.07) is 0. The Morgan fingerprint density at radius 1 is 1.53 bits per heavy atom. The molecule has 1 fully saturated rings. The fraction of sp³-hybridized carbons (Fsp3) is 0.750. The van der Waals surface area contributed by atoms with E-state index in [4.69, 9.17) is 0 Å². The van der Waals surface area contributed by atoms with Crippen LogP contribution in [0.15, 0.2) is 0 Å². The number of nitrogens with one attached hydrogen (secondary N) is 2. The van der Waals surface area contributed by atoms with Crippen LogP contribution in [0.4, 0.5) is 11.6 Å². The van der Waals surface area contributed by atoms with E-state index in [0.29, 0.717) is 11.6 Å². The van der Waals surface area contributed by atoms with Gasteiger partial charge in [-0.1, -0.05) is 6.92 Å². The molecule has 1 aliphatic heterocycles. The highest BCUT2D eigenvalue weighted by Gasteiger charge is 2.29. The third kappa shape index (κ3) is 2.86. The molecule has 2 rings (SSSR count). The van der Waals surface area contributed by atoms with Crippen LogP contribution in [0.5, 0.6) is 0 Å². The highest BCUT2D eigenvalue weighted by atomic mass is 16.6. The average molecular weight is 267 g/mol. The minimum Gasteiger partial charge on any atom is -0.364 e. The molecule has 0 aromatic carbocycles. The molecule has 0 saturated carbocycles. The molecule has 0 atom stereocenters. The average Bonchev–Trinajstić information content (AvgIpc) is 2.65. The molecule has 0 radical (unpaired) electrons. The summed E-state index contributed by atoms with van der Waals surface area (Å²) in [4.78, 5) is 14.6. The van der Waals surface area contributed by atoms with E-state index in [0.717, 1.165) is 32.5 Å². The van der Waals surface area contributed by atoms with Crippen molar-refractivity contribution in [1.82, 2.24) is 14.9 Å². The summed E-state index contributed by atoms with van der Waals surface area (Å²) in [6.07, 6.45) is 2.15. The van der Waals surface area contributed by atoms with Gasteiger partial charge in [0.1, 0.15) is 0 Å². The van der Waals surface area contributed by atoms with Crippen LogP contribution in [0.25, 0.3) is 0 Å². The first-order valence-corrected chi connectivity index (χ1v) is 6.55. The molecule has 1 aromatic heterocycles. The maximum atomic E-state index is 11.0. The third-order valence-corrected chi connectivity index (χ3v) is 3.97. The monoisotopic (exact) mass is 267 g/mol. The molecule has 0 amide bonds. The lowest BCUT2D eigenvalue weighted by atomic mass is 9.81. The summed E-state index contributed by atoms with van der Waals surface area (Å²) in [7, 11) is 1.79. The summed E-state index contributed by atoms with van der Waals surface area (Å²) in [5, 5.41) is 17.6. The minimum absolute atomic E-state index is 0.0856. The SMILES string of the molecule is Cc1nc([N+](=O)[O-])c(NCC2(C)CCNCC2)n1C. The van der Waals surface area contributed by atoms with Crippen molar-refractivity contribution >= 4 is 11.6 Å². The lowest BCUT2D eigenvalue weighted by Gasteiger charge is -2.34. The van der Waals surface area contributed by atoms with Gasteiger partial charge < -0.3 is 20.7 Å². The van der Waals surface area contributed by atoms with Gasteiger partial charge in [0.25, 0.3) is 0 Å². The molecule has 1 aromatic rings. The first-order chi connectivity index (χ1) is 8.93. The second kappa shape index (κ2) is 5.16. The zero-order valence-corrected chi connectivity index (χ0v) is 11.7. The second-order valence-corrected chi connectivity index (χ2v) is 5.56. The Balaban J connectivity index is 2.12. The van der Waals surface area contributed by atoms with Gasteiger partial charge in [-0.2, -0.15) is 0 Å². The van der Waals surface area contributed by atoms with Crippen LogP contribution in [0, 0.1) is 22.5 Å². The summed E-state index contributed by atoms with van der Waals surface area (Å²) in [5.74, 6) is 1.06. The number of aromatic nitrogens is 2. The Labute approximate surface area is 112 Å². The largest absolute Gasteiger partial charge is 0.406 e. The Bertz CT molecular complexity index is 477. The molecule has 0 aliphatic carbocycles. The highest BCUT2D eigenvalue weighted by molar-refractivity contribution is 5.53.